The predicted octanol–water partition coefficient (Wildman–Crippen LogP) is 3.57. The Labute approximate surface area is 176 Å². The fourth-order valence-electron chi connectivity index (χ4n) is 3.01. The maximum Gasteiger partial charge on any atom is 0.331 e. The van der Waals surface area contributed by atoms with E-state index in [1.807, 2.05) is 13.8 Å². The lowest BCUT2D eigenvalue weighted by Gasteiger charge is -2.32. The van der Waals surface area contributed by atoms with Gasteiger partial charge in [0.1, 0.15) is 5.02 Å². The molecule has 0 saturated heterocycles. The highest BCUT2D eigenvalue weighted by molar-refractivity contribution is 7.53. The second kappa shape index (κ2) is 10.7. The van der Waals surface area contributed by atoms with Crippen LogP contribution in [0.4, 0.5) is 0 Å². The van der Waals surface area contributed by atoms with E-state index in [0.717, 1.165) is 6.42 Å². The Morgan fingerprint density at radius 2 is 1.86 bits per heavy atom. The van der Waals surface area contributed by atoms with Gasteiger partial charge in [-0.3, -0.25) is 18.9 Å². The molecule has 10 heteroatoms. The van der Waals surface area contributed by atoms with E-state index >= 15 is 0 Å². The largest absolute Gasteiger partial charge is 0.375 e. The van der Waals surface area contributed by atoms with Crippen molar-refractivity contribution >= 4 is 19.2 Å². The Kier molecular flexibility index (Phi) is 9.57. The van der Waals surface area contributed by atoms with Crippen LogP contribution in [0.15, 0.2) is 27.9 Å². The van der Waals surface area contributed by atoms with Crippen LogP contribution in [0, 0.1) is 5.41 Å². The summed E-state index contributed by atoms with van der Waals surface area (Å²) in [6.45, 7) is 11.2. The van der Waals surface area contributed by atoms with Crippen molar-refractivity contribution in [3.8, 4) is 0 Å². The molecule has 1 aromatic heterocycles. The van der Waals surface area contributed by atoms with Gasteiger partial charge < -0.3 is 14.2 Å². The van der Waals surface area contributed by atoms with Gasteiger partial charge >= 0.3 is 13.3 Å². The minimum Gasteiger partial charge on any atom is -0.375 e. The molecule has 166 valence electrons. The quantitative estimate of drug-likeness (QED) is 0.303. The molecule has 1 aromatic rings. The van der Waals surface area contributed by atoms with Gasteiger partial charge in [0, 0.05) is 19.3 Å². The lowest BCUT2D eigenvalue weighted by atomic mass is 9.84. The fourth-order valence-corrected chi connectivity index (χ4v) is 4.11. The molecular weight excluding hydrogens is 419 g/mol. The SMILES string of the molecule is CC(C)(C)CC(C)(C)OCCCOP(=O)(O)C/C=C/Cn1cc(Cl)c(=O)[nH]c1=O. The van der Waals surface area contributed by atoms with Gasteiger partial charge in [-0.25, -0.2) is 4.79 Å². The van der Waals surface area contributed by atoms with Crippen LogP contribution in [0.1, 0.15) is 47.5 Å². The molecule has 0 aliphatic heterocycles. The molecule has 0 radical (unpaired) electrons. The molecule has 0 aromatic carbocycles. The van der Waals surface area contributed by atoms with Gasteiger partial charge in [-0.2, -0.15) is 0 Å². The summed E-state index contributed by atoms with van der Waals surface area (Å²) < 4.78 is 24.2. The van der Waals surface area contributed by atoms with Crippen molar-refractivity contribution in [3.05, 3.63) is 44.2 Å². The molecule has 1 atom stereocenters. The number of halogens is 1. The number of aromatic nitrogens is 2. The third kappa shape index (κ3) is 11.0. The van der Waals surface area contributed by atoms with Gasteiger partial charge in [-0.05, 0) is 32.1 Å². The monoisotopic (exact) mass is 450 g/mol. The first-order valence-electron chi connectivity index (χ1n) is 9.45. The van der Waals surface area contributed by atoms with Crippen LogP contribution >= 0.6 is 19.2 Å². The second-order valence-electron chi connectivity index (χ2n) is 8.71. The van der Waals surface area contributed by atoms with Crippen molar-refractivity contribution in [2.75, 3.05) is 19.4 Å². The number of nitrogens with zero attached hydrogens (tertiary/aromatic N) is 1. The summed E-state index contributed by atoms with van der Waals surface area (Å²) in [7, 11) is -3.77. The van der Waals surface area contributed by atoms with Crippen LogP contribution in [0.3, 0.4) is 0 Å². The lowest BCUT2D eigenvalue weighted by molar-refractivity contribution is -0.0465. The van der Waals surface area contributed by atoms with Crippen LogP contribution in [0.25, 0.3) is 0 Å². The smallest absolute Gasteiger partial charge is 0.331 e. The number of nitrogens with one attached hydrogen (secondary N) is 1. The van der Waals surface area contributed by atoms with Crippen molar-refractivity contribution in [1.29, 1.82) is 0 Å². The molecule has 0 amide bonds. The van der Waals surface area contributed by atoms with Crippen molar-refractivity contribution < 1.29 is 18.7 Å². The number of aromatic amines is 1. The summed E-state index contributed by atoms with van der Waals surface area (Å²) in [4.78, 5) is 34.7. The Morgan fingerprint density at radius 1 is 1.21 bits per heavy atom. The first kappa shape index (κ1) is 25.9. The van der Waals surface area contributed by atoms with Gasteiger partial charge in [-0.1, -0.05) is 44.5 Å². The first-order valence-corrected chi connectivity index (χ1v) is 11.6. The van der Waals surface area contributed by atoms with Gasteiger partial charge in [0.05, 0.1) is 18.4 Å². The van der Waals surface area contributed by atoms with Crippen molar-refractivity contribution in [2.45, 2.75) is 59.6 Å². The van der Waals surface area contributed by atoms with Crippen molar-refractivity contribution in [3.63, 3.8) is 0 Å². The molecule has 8 nitrogen and oxygen atoms in total. The minimum atomic E-state index is -3.77. The molecule has 1 unspecified atom stereocenters. The average molecular weight is 451 g/mol. The standard InChI is InChI=1S/C19H32ClN2O6P/c1-18(2,3)14-19(4,5)27-10-8-11-28-29(25,26)12-7-6-9-22-13-15(20)16(23)21-17(22)24/h6-7,13H,8-12,14H2,1-5H3,(H,25,26)(H,21,23,24)/b7-6+. The maximum absolute atomic E-state index is 12.0. The molecule has 2 N–H and O–H groups in total. The van der Waals surface area contributed by atoms with E-state index in [-0.39, 0.29) is 35.4 Å². The van der Waals surface area contributed by atoms with Crippen LogP contribution in [-0.2, 0) is 20.4 Å². The predicted molar refractivity (Wildman–Crippen MR) is 115 cm³/mol. The van der Waals surface area contributed by atoms with Gasteiger partial charge in [0.25, 0.3) is 5.56 Å². The van der Waals surface area contributed by atoms with Gasteiger partial charge in [-0.15, -0.1) is 0 Å². The zero-order valence-corrected chi connectivity index (χ0v) is 19.4. The molecule has 29 heavy (non-hydrogen) atoms. The number of rotatable bonds is 11. The number of hydrogen-bond acceptors (Lipinski definition) is 5. The Morgan fingerprint density at radius 3 is 2.48 bits per heavy atom. The topological polar surface area (TPSA) is 111 Å². The molecule has 0 spiro atoms. The van der Waals surface area contributed by atoms with Crippen molar-refractivity contribution in [2.24, 2.45) is 5.41 Å². The molecule has 0 fully saturated rings. The Balaban J connectivity index is 2.36. The van der Waals surface area contributed by atoms with E-state index in [1.54, 1.807) is 0 Å². The highest BCUT2D eigenvalue weighted by Crippen LogP contribution is 2.41. The number of ether oxygens (including phenoxy) is 1. The van der Waals surface area contributed by atoms with Gasteiger partial charge in [0.2, 0.25) is 0 Å². The summed E-state index contributed by atoms with van der Waals surface area (Å²) in [5.41, 5.74) is -1.39. The maximum atomic E-state index is 12.0. The van der Waals surface area contributed by atoms with E-state index in [2.05, 4.69) is 25.8 Å². The summed E-state index contributed by atoms with van der Waals surface area (Å²) in [5, 5.41) is -0.109. The van der Waals surface area contributed by atoms with Crippen LogP contribution < -0.4 is 11.2 Å². The van der Waals surface area contributed by atoms with E-state index in [4.69, 9.17) is 20.9 Å². The Bertz CT molecular complexity index is 853. The molecule has 0 saturated carbocycles. The van der Waals surface area contributed by atoms with E-state index in [0.29, 0.717) is 13.0 Å². The highest BCUT2D eigenvalue weighted by atomic mass is 35.5. The average Bonchev–Trinajstić information content (AvgIpc) is 2.53. The third-order valence-electron chi connectivity index (χ3n) is 3.80. The molecular formula is C19H32ClN2O6P. The van der Waals surface area contributed by atoms with Crippen LogP contribution in [0.5, 0.6) is 0 Å². The molecule has 1 heterocycles. The van der Waals surface area contributed by atoms with E-state index < -0.39 is 18.8 Å². The minimum absolute atomic E-state index is 0.103. The Hall–Kier alpha value is -1.18. The molecule has 0 aliphatic carbocycles. The first-order chi connectivity index (χ1) is 13.2. The van der Waals surface area contributed by atoms with E-state index in [9.17, 15) is 19.0 Å². The van der Waals surface area contributed by atoms with Crippen LogP contribution in [0.2, 0.25) is 5.02 Å². The second-order valence-corrected chi connectivity index (χ2v) is 11.0. The summed E-state index contributed by atoms with van der Waals surface area (Å²) in [6, 6.07) is 0. The number of allylic oxidation sites excluding steroid dienone is 2. The number of hydrogen-bond donors (Lipinski definition) is 2. The number of H-pyrrole nitrogens is 1. The normalized spacial score (nSPS) is 15.0. The van der Waals surface area contributed by atoms with Crippen LogP contribution in [-0.4, -0.2) is 39.4 Å². The van der Waals surface area contributed by atoms with E-state index in [1.165, 1.54) is 22.9 Å². The fraction of sp³-hybridized carbons (Fsp3) is 0.684. The van der Waals surface area contributed by atoms with Gasteiger partial charge in [0.15, 0.2) is 0 Å². The summed E-state index contributed by atoms with van der Waals surface area (Å²) in [5.74, 6) is 0. The lowest BCUT2D eigenvalue weighted by Crippen LogP contribution is -2.30. The zero-order valence-electron chi connectivity index (χ0n) is 17.7. The summed E-state index contributed by atoms with van der Waals surface area (Å²) in [6.07, 6.45) is 5.41. The molecule has 0 aliphatic rings. The summed E-state index contributed by atoms with van der Waals surface area (Å²) >= 11 is 5.67. The third-order valence-corrected chi connectivity index (χ3v) is 5.33. The molecule has 1 rings (SSSR count). The molecule has 0 bridgehead atoms. The zero-order chi connectivity index (χ0) is 22.3. The highest BCUT2D eigenvalue weighted by Gasteiger charge is 2.26. The van der Waals surface area contributed by atoms with Crippen molar-refractivity contribution in [1.82, 2.24) is 9.55 Å².